The normalized spacial score (nSPS) is 11.6. The van der Waals surface area contributed by atoms with Gasteiger partial charge in [-0.1, -0.05) is 0 Å². The molecule has 0 bridgehead atoms. The van der Waals surface area contributed by atoms with Crippen molar-refractivity contribution in [3.8, 4) is 11.5 Å². The summed E-state index contributed by atoms with van der Waals surface area (Å²) < 4.78 is 16.6. The summed E-state index contributed by atoms with van der Waals surface area (Å²) in [7, 11) is 4.87. The lowest BCUT2D eigenvalue weighted by Gasteiger charge is -2.20. The monoisotopic (exact) mass is 444 g/mol. The van der Waals surface area contributed by atoms with E-state index in [1.807, 2.05) is 32.9 Å². The molecular weight excluding hydrogens is 416 g/mol. The number of benzene rings is 1. The first-order valence-electron chi connectivity index (χ1n) is 8.52. The summed E-state index contributed by atoms with van der Waals surface area (Å²) in [6.07, 6.45) is -0.442. The zero-order valence-electron chi connectivity index (χ0n) is 16.7. The fraction of sp³-hybridized carbons (Fsp3) is 0.556. The van der Waals surface area contributed by atoms with Crippen LogP contribution in [-0.2, 0) is 11.3 Å². The number of halogens is 1. The third-order valence-corrected chi connectivity index (χ3v) is 3.85. The lowest BCUT2D eigenvalue weighted by Crippen LogP contribution is -2.42. The average molecular weight is 445 g/mol. The Labute approximate surface area is 169 Å². The van der Waals surface area contributed by atoms with Gasteiger partial charge in [-0.05, 0) is 54.4 Å². The minimum absolute atomic E-state index is 0.414. The number of aliphatic imine (C=N–C) groups is 1. The predicted octanol–water partition coefficient (Wildman–Crippen LogP) is 2.66. The molecule has 0 spiro atoms. The van der Waals surface area contributed by atoms with Gasteiger partial charge in [-0.25, -0.2) is 4.79 Å². The van der Waals surface area contributed by atoms with Crippen LogP contribution >= 0.6 is 15.9 Å². The number of hydrogen-bond donors (Lipinski definition) is 3. The highest BCUT2D eigenvalue weighted by Gasteiger charge is 2.15. The predicted molar refractivity (Wildman–Crippen MR) is 110 cm³/mol. The summed E-state index contributed by atoms with van der Waals surface area (Å²) in [5.74, 6) is 1.91. The Morgan fingerprint density at radius 1 is 1.11 bits per heavy atom. The second kappa shape index (κ2) is 10.9. The number of rotatable bonds is 7. The summed E-state index contributed by atoms with van der Waals surface area (Å²) in [5, 5.41) is 9.01. The maximum atomic E-state index is 11.6. The van der Waals surface area contributed by atoms with Crippen molar-refractivity contribution in [2.24, 2.45) is 4.99 Å². The summed E-state index contributed by atoms with van der Waals surface area (Å²) in [5.41, 5.74) is 0.484. The molecule has 1 amide bonds. The number of methoxy groups -OCH3 is 2. The average Bonchev–Trinajstić information content (AvgIpc) is 2.59. The highest BCUT2D eigenvalue weighted by atomic mass is 79.9. The molecule has 8 nitrogen and oxygen atoms in total. The molecule has 0 saturated carbocycles. The van der Waals surface area contributed by atoms with Gasteiger partial charge in [0.15, 0.2) is 17.5 Å². The van der Waals surface area contributed by atoms with Crippen LogP contribution in [0.4, 0.5) is 4.79 Å². The lowest BCUT2D eigenvalue weighted by molar-refractivity contribution is 0.0529. The Kier molecular flexibility index (Phi) is 9.20. The van der Waals surface area contributed by atoms with Gasteiger partial charge in [0.25, 0.3) is 0 Å². The Bertz CT molecular complexity index is 659. The highest BCUT2D eigenvalue weighted by Crippen LogP contribution is 2.36. The second-order valence-corrected chi connectivity index (χ2v) is 7.45. The highest BCUT2D eigenvalue weighted by molar-refractivity contribution is 9.10. The van der Waals surface area contributed by atoms with Crippen molar-refractivity contribution in [3.05, 3.63) is 22.2 Å². The molecule has 0 unspecified atom stereocenters. The number of carbonyl (C=O) groups excluding carboxylic acids is 1. The van der Waals surface area contributed by atoms with Crippen molar-refractivity contribution < 1.29 is 19.0 Å². The molecule has 0 radical (unpaired) electrons. The summed E-state index contributed by atoms with van der Waals surface area (Å²) >= 11 is 3.48. The van der Waals surface area contributed by atoms with E-state index < -0.39 is 11.7 Å². The molecule has 0 saturated heterocycles. The van der Waals surface area contributed by atoms with Crippen LogP contribution in [0.5, 0.6) is 11.5 Å². The largest absolute Gasteiger partial charge is 0.493 e. The van der Waals surface area contributed by atoms with Gasteiger partial charge >= 0.3 is 6.09 Å². The van der Waals surface area contributed by atoms with E-state index in [9.17, 15) is 4.79 Å². The van der Waals surface area contributed by atoms with Crippen LogP contribution in [-0.4, -0.2) is 52.0 Å². The second-order valence-electron chi connectivity index (χ2n) is 6.59. The van der Waals surface area contributed by atoms with Gasteiger partial charge in [0.2, 0.25) is 0 Å². The van der Waals surface area contributed by atoms with Crippen LogP contribution in [0.25, 0.3) is 0 Å². The first kappa shape index (κ1) is 22.9. The molecule has 0 aliphatic rings. The molecule has 0 fully saturated rings. The standard InChI is InChI=1S/C18H29BrN4O4/c1-18(2,3)27-17(24)22-8-7-21-16(20-4)23-11-12-9-13(19)15(26-6)14(10-12)25-5/h9-10H,7-8,11H2,1-6H3,(H,22,24)(H2,20,21,23). The fourth-order valence-electron chi connectivity index (χ4n) is 2.14. The van der Waals surface area contributed by atoms with Crippen LogP contribution < -0.4 is 25.4 Å². The van der Waals surface area contributed by atoms with Gasteiger partial charge in [-0.2, -0.15) is 0 Å². The van der Waals surface area contributed by atoms with Gasteiger partial charge in [-0.15, -0.1) is 0 Å². The van der Waals surface area contributed by atoms with Gasteiger partial charge < -0.3 is 30.2 Å². The maximum absolute atomic E-state index is 11.6. The zero-order chi connectivity index (χ0) is 20.4. The molecule has 9 heteroatoms. The molecule has 0 atom stereocenters. The Morgan fingerprint density at radius 3 is 2.33 bits per heavy atom. The van der Waals surface area contributed by atoms with Crippen molar-refractivity contribution in [1.82, 2.24) is 16.0 Å². The minimum Gasteiger partial charge on any atom is -0.493 e. The third-order valence-electron chi connectivity index (χ3n) is 3.26. The van der Waals surface area contributed by atoms with Gasteiger partial charge in [0, 0.05) is 26.7 Å². The molecule has 0 aromatic heterocycles. The molecule has 3 N–H and O–H groups in total. The number of alkyl carbamates (subject to hydrolysis) is 1. The third kappa shape index (κ3) is 8.38. The van der Waals surface area contributed by atoms with Crippen LogP contribution in [0, 0.1) is 0 Å². The van der Waals surface area contributed by atoms with E-state index in [2.05, 4.69) is 36.9 Å². The smallest absolute Gasteiger partial charge is 0.407 e. The van der Waals surface area contributed by atoms with Crippen molar-refractivity contribution in [2.75, 3.05) is 34.4 Å². The zero-order valence-corrected chi connectivity index (χ0v) is 18.3. The number of hydrogen-bond acceptors (Lipinski definition) is 5. The van der Waals surface area contributed by atoms with Crippen molar-refractivity contribution in [3.63, 3.8) is 0 Å². The first-order chi connectivity index (χ1) is 12.7. The van der Waals surface area contributed by atoms with E-state index >= 15 is 0 Å². The number of nitrogens with one attached hydrogen (secondary N) is 3. The molecule has 0 aliphatic carbocycles. The Hall–Kier alpha value is -2.16. The minimum atomic E-state index is -0.511. The van der Waals surface area contributed by atoms with E-state index in [-0.39, 0.29) is 0 Å². The summed E-state index contributed by atoms with van der Waals surface area (Å²) in [6, 6.07) is 3.85. The van der Waals surface area contributed by atoms with E-state index in [4.69, 9.17) is 14.2 Å². The number of carbonyl (C=O) groups is 1. The molecule has 1 rings (SSSR count). The van der Waals surface area contributed by atoms with Gasteiger partial charge in [0.1, 0.15) is 5.60 Å². The van der Waals surface area contributed by atoms with E-state index in [1.165, 1.54) is 0 Å². The van der Waals surface area contributed by atoms with E-state index in [0.717, 1.165) is 10.0 Å². The molecule has 0 heterocycles. The molecule has 152 valence electrons. The number of guanidine groups is 1. The molecular formula is C18H29BrN4O4. The number of ether oxygens (including phenoxy) is 3. The first-order valence-corrected chi connectivity index (χ1v) is 9.31. The molecule has 1 aromatic rings. The van der Waals surface area contributed by atoms with Crippen LogP contribution in [0.15, 0.2) is 21.6 Å². The maximum Gasteiger partial charge on any atom is 0.407 e. The van der Waals surface area contributed by atoms with Crippen molar-refractivity contribution in [1.29, 1.82) is 0 Å². The summed E-state index contributed by atoms with van der Waals surface area (Å²) in [4.78, 5) is 15.8. The molecule has 27 heavy (non-hydrogen) atoms. The number of amides is 1. The topological polar surface area (TPSA) is 93.2 Å². The molecule has 1 aromatic carbocycles. The van der Waals surface area contributed by atoms with Gasteiger partial charge in [-0.3, -0.25) is 4.99 Å². The van der Waals surface area contributed by atoms with Crippen LogP contribution in [0.3, 0.4) is 0 Å². The number of nitrogens with zero attached hydrogens (tertiary/aromatic N) is 1. The Morgan fingerprint density at radius 2 is 1.78 bits per heavy atom. The van der Waals surface area contributed by atoms with Gasteiger partial charge in [0.05, 0.1) is 18.7 Å². The Balaban J connectivity index is 2.47. The summed E-state index contributed by atoms with van der Waals surface area (Å²) in [6.45, 7) is 6.93. The van der Waals surface area contributed by atoms with E-state index in [1.54, 1.807) is 21.3 Å². The van der Waals surface area contributed by atoms with Crippen LogP contribution in [0.1, 0.15) is 26.3 Å². The van der Waals surface area contributed by atoms with E-state index in [0.29, 0.717) is 37.1 Å². The van der Waals surface area contributed by atoms with Crippen molar-refractivity contribution in [2.45, 2.75) is 32.9 Å². The lowest BCUT2D eigenvalue weighted by atomic mass is 10.2. The quantitative estimate of drug-likeness (QED) is 0.340. The molecule has 0 aliphatic heterocycles. The van der Waals surface area contributed by atoms with Crippen LogP contribution in [0.2, 0.25) is 0 Å². The fourth-order valence-corrected chi connectivity index (χ4v) is 2.79. The van der Waals surface area contributed by atoms with Crippen molar-refractivity contribution >= 4 is 28.0 Å². The SMILES string of the molecule is CN=C(NCCNC(=O)OC(C)(C)C)NCc1cc(Br)c(OC)c(OC)c1.